The van der Waals surface area contributed by atoms with E-state index in [0.29, 0.717) is 13.0 Å². The maximum atomic E-state index is 13.5. The highest BCUT2D eigenvalue weighted by molar-refractivity contribution is 7.88. The minimum Gasteiger partial charge on any atom is -0.370 e. The van der Waals surface area contributed by atoms with Gasteiger partial charge in [0.1, 0.15) is 11.6 Å². The van der Waals surface area contributed by atoms with Crippen molar-refractivity contribution in [3.05, 3.63) is 29.8 Å². The van der Waals surface area contributed by atoms with Gasteiger partial charge in [-0.3, -0.25) is 4.99 Å². The summed E-state index contributed by atoms with van der Waals surface area (Å²) in [7, 11) is -3.28. The lowest BCUT2D eigenvalue weighted by Crippen LogP contribution is -2.37. The molecule has 0 spiro atoms. The molecule has 0 unspecified atom stereocenters. The van der Waals surface area contributed by atoms with Crippen LogP contribution in [-0.2, 0) is 10.0 Å². The van der Waals surface area contributed by atoms with E-state index < -0.39 is 21.7 Å². The lowest BCUT2D eigenvalue weighted by molar-refractivity contribution is 0.397. The van der Waals surface area contributed by atoms with Gasteiger partial charge in [0.2, 0.25) is 10.0 Å². The summed E-state index contributed by atoms with van der Waals surface area (Å²) in [5, 5.41) is 2.47. The summed E-state index contributed by atoms with van der Waals surface area (Å²) in [6.45, 7) is 0.633. The fourth-order valence-electron chi connectivity index (χ4n) is 2.40. The van der Waals surface area contributed by atoms with Crippen molar-refractivity contribution in [2.24, 2.45) is 10.7 Å². The van der Waals surface area contributed by atoms with Gasteiger partial charge >= 0.3 is 0 Å². The first-order chi connectivity index (χ1) is 10.3. The van der Waals surface area contributed by atoms with Crippen LogP contribution < -0.4 is 11.1 Å². The summed E-state index contributed by atoms with van der Waals surface area (Å²) < 4.78 is 51.1. The Balaban J connectivity index is 2.02. The van der Waals surface area contributed by atoms with Crippen molar-refractivity contribution in [1.29, 1.82) is 0 Å². The van der Waals surface area contributed by atoms with Gasteiger partial charge < -0.3 is 11.1 Å². The predicted octanol–water partition coefficient (Wildman–Crippen LogP) is 1.12. The number of nitrogens with zero attached hydrogens (tertiary/aromatic N) is 2. The third-order valence-corrected chi connectivity index (χ3v) is 4.75. The SMILES string of the molecule is CS(=O)(=O)N1CCC[C@@H]1CN=C(N)Nc1cc(F)ccc1F. The van der Waals surface area contributed by atoms with Crippen LogP contribution in [0.4, 0.5) is 14.5 Å². The number of rotatable bonds is 4. The monoisotopic (exact) mass is 332 g/mol. The Hall–Kier alpha value is -1.74. The van der Waals surface area contributed by atoms with Gasteiger partial charge in [-0.2, -0.15) is 4.31 Å². The molecule has 1 aliphatic rings. The van der Waals surface area contributed by atoms with E-state index in [4.69, 9.17) is 5.73 Å². The fraction of sp³-hybridized carbons (Fsp3) is 0.462. The molecule has 0 aromatic heterocycles. The molecule has 1 heterocycles. The normalized spacial score (nSPS) is 20.3. The number of sulfonamides is 1. The molecule has 0 bridgehead atoms. The van der Waals surface area contributed by atoms with Crippen molar-refractivity contribution in [2.75, 3.05) is 24.7 Å². The maximum absolute atomic E-state index is 13.5. The quantitative estimate of drug-likeness (QED) is 0.639. The molecule has 122 valence electrons. The van der Waals surface area contributed by atoms with E-state index in [-0.39, 0.29) is 24.2 Å². The molecule has 1 aromatic rings. The molecular formula is C13H18F2N4O2S. The molecule has 1 fully saturated rings. The number of aliphatic imine (C=N–C) groups is 1. The Morgan fingerprint density at radius 2 is 2.23 bits per heavy atom. The van der Waals surface area contributed by atoms with Crippen LogP contribution >= 0.6 is 0 Å². The van der Waals surface area contributed by atoms with E-state index in [2.05, 4.69) is 10.3 Å². The summed E-state index contributed by atoms with van der Waals surface area (Å²) in [4.78, 5) is 4.02. The Labute approximate surface area is 128 Å². The highest BCUT2D eigenvalue weighted by atomic mass is 32.2. The van der Waals surface area contributed by atoms with Crippen molar-refractivity contribution >= 4 is 21.7 Å². The molecule has 0 radical (unpaired) electrons. The number of halogens is 2. The third kappa shape index (κ3) is 4.14. The number of guanidine groups is 1. The van der Waals surface area contributed by atoms with Crippen molar-refractivity contribution in [3.8, 4) is 0 Å². The highest BCUT2D eigenvalue weighted by Crippen LogP contribution is 2.20. The molecule has 1 aromatic carbocycles. The van der Waals surface area contributed by atoms with E-state index in [1.807, 2.05) is 0 Å². The molecule has 1 atom stereocenters. The molecule has 2 rings (SSSR count). The van der Waals surface area contributed by atoms with Gasteiger partial charge in [-0.15, -0.1) is 0 Å². The van der Waals surface area contributed by atoms with Gasteiger partial charge in [0.15, 0.2) is 5.96 Å². The van der Waals surface area contributed by atoms with Crippen LogP contribution in [0.5, 0.6) is 0 Å². The standard InChI is InChI=1S/C13H18F2N4O2S/c1-22(20,21)19-6-2-3-10(19)8-17-13(16)18-12-7-9(14)4-5-11(12)15/h4-5,7,10H,2-3,6,8H2,1H3,(H3,16,17,18)/t10-/m1/s1. The molecule has 22 heavy (non-hydrogen) atoms. The number of nitrogens with one attached hydrogen (secondary N) is 1. The molecule has 6 nitrogen and oxygen atoms in total. The van der Waals surface area contributed by atoms with Gasteiger partial charge in [-0.25, -0.2) is 17.2 Å². The number of anilines is 1. The van der Waals surface area contributed by atoms with Crippen molar-refractivity contribution < 1.29 is 17.2 Å². The zero-order chi connectivity index (χ0) is 16.3. The van der Waals surface area contributed by atoms with Gasteiger partial charge in [-0.05, 0) is 25.0 Å². The van der Waals surface area contributed by atoms with Crippen LogP contribution in [0.2, 0.25) is 0 Å². The lowest BCUT2D eigenvalue weighted by atomic mass is 10.2. The largest absolute Gasteiger partial charge is 0.370 e. The molecule has 0 saturated carbocycles. The van der Waals surface area contributed by atoms with E-state index in [1.165, 1.54) is 4.31 Å². The topological polar surface area (TPSA) is 87.8 Å². The zero-order valence-corrected chi connectivity index (χ0v) is 12.9. The van der Waals surface area contributed by atoms with Crippen LogP contribution in [0, 0.1) is 11.6 Å². The third-order valence-electron chi connectivity index (χ3n) is 3.41. The van der Waals surface area contributed by atoms with Gasteiger partial charge in [-0.1, -0.05) is 0 Å². The minimum absolute atomic E-state index is 0.0927. The Kier molecular flexibility index (Phi) is 4.97. The summed E-state index contributed by atoms with van der Waals surface area (Å²) in [6, 6.07) is 2.69. The van der Waals surface area contributed by atoms with Crippen LogP contribution in [-0.4, -0.2) is 44.1 Å². The van der Waals surface area contributed by atoms with Gasteiger partial charge in [0, 0.05) is 18.7 Å². The minimum atomic E-state index is -3.28. The second kappa shape index (κ2) is 6.57. The van der Waals surface area contributed by atoms with Gasteiger partial charge in [0.25, 0.3) is 0 Å². The Bertz CT molecular complexity index is 679. The molecule has 0 amide bonds. The lowest BCUT2D eigenvalue weighted by Gasteiger charge is -2.20. The summed E-state index contributed by atoms with van der Waals surface area (Å²) in [6.07, 6.45) is 2.61. The van der Waals surface area contributed by atoms with E-state index in [0.717, 1.165) is 30.9 Å². The summed E-state index contributed by atoms with van der Waals surface area (Å²) in [5.74, 6) is -1.35. The Morgan fingerprint density at radius 1 is 1.50 bits per heavy atom. The number of hydrogen-bond acceptors (Lipinski definition) is 3. The van der Waals surface area contributed by atoms with E-state index in [9.17, 15) is 17.2 Å². The smallest absolute Gasteiger partial charge is 0.211 e. The average Bonchev–Trinajstić information content (AvgIpc) is 2.89. The second-order valence-corrected chi connectivity index (χ2v) is 7.08. The van der Waals surface area contributed by atoms with Crippen LogP contribution in [0.25, 0.3) is 0 Å². The number of hydrogen-bond donors (Lipinski definition) is 2. The van der Waals surface area contributed by atoms with Gasteiger partial charge in [0.05, 0.1) is 18.5 Å². The van der Waals surface area contributed by atoms with E-state index in [1.54, 1.807) is 0 Å². The van der Waals surface area contributed by atoms with Crippen molar-refractivity contribution in [3.63, 3.8) is 0 Å². The van der Waals surface area contributed by atoms with Crippen LogP contribution in [0.1, 0.15) is 12.8 Å². The molecular weight excluding hydrogens is 314 g/mol. The molecule has 1 saturated heterocycles. The molecule has 0 aliphatic carbocycles. The number of nitrogens with two attached hydrogens (primary N) is 1. The molecule has 3 N–H and O–H groups in total. The first kappa shape index (κ1) is 16.6. The van der Waals surface area contributed by atoms with Crippen LogP contribution in [0.3, 0.4) is 0 Å². The Morgan fingerprint density at radius 3 is 2.91 bits per heavy atom. The highest BCUT2D eigenvalue weighted by Gasteiger charge is 2.31. The first-order valence-corrected chi connectivity index (χ1v) is 8.61. The number of benzene rings is 1. The summed E-state index contributed by atoms with van der Waals surface area (Å²) >= 11 is 0. The summed E-state index contributed by atoms with van der Waals surface area (Å²) in [5.41, 5.74) is 5.52. The zero-order valence-electron chi connectivity index (χ0n) is 12.1. The predicted molar refractivity (Wildman–Crippen MR) is 81.0 cm³/mol. The van der Waals surface area contributed by atoms with E-state index >= 15 is 0 Å². The average molecular weight is 332 g/mol. The molecule has 9 heteroatoms. The van der Waals surface area contributed by atoms with Crippen molar-refractivity contribution in [1.82, 2.24) is 4.31 Å². The maximum Gasteiger partial charge on any atom is 0.211 e. The fourth-order valence-corrected chi connectivity index (χ4v) is 3.58. The van der Waals surface area contributed by atoms with Crippen LogP contribution in [0.15, 0.2) is 23.2 Å². The first-order valence-electron chi connectivity index (χ1n) is 6.76. The van der Waals surface area contributed by atoms with Crippen molar-refractivity contribution in [2.45, 2.75) is 18.9 Å². The second-order valence-electron chi connectivity index (χ2n) is 5.14. The molecule has 1 aliphatic heterocycles.